The number of rotatable bonds is 6. The molecule has 0 spiro atoms. The monoisotopic (exact) mass is 222 g/mol. The highest BCUT2D eigenvalue weighted by Gasteiger charge is 2.12. The van der Waals surface area contributed by atoms with Crippen LogP contribution in [0.2, 0.25) is 0 Å². The van der Waals surface area contributed by atoms with E-state index < -0.39 is 0 Å². The van der Waals surface area contributed by atoms with Crippen molar-refractivity contribution in [3.05, 3.63) is 35.9 Å². The molecule has 0 aliphatic rings. The predicted molar refractivity (Wildman–Crippen MR) is 66.7 cm³/mol. The first-order chi connectivity index (χ1) is 7.63. The summed E-state index contributed by atoms with van der Waals surface area (Å²) in [5, 5.41) is 0. The smallest absolute Gasteiger partial charge is 0.109 e. The third-order valence-electron chi connectivity index (χ3n) is 2.67. The number of hydrogen-bond acceptors (Lipinski definition) is 3. The average Bonchev–Trinajstić information content (AvgIpc) is 2.30. The van der Waals surface area contributed by atoms with Gasteiger partial charge < -0.3 is 10.5 Å². The first-order valence-electron chi connectivity index (χ1n) is 5.78. The van der Waals surface area contributed by atoms with Crippen LogP contribution in [0.5, 0.6) is 0 Å². The third-order valence-corrected chi connectivity index (χ3v) is 2.67. The van der Waals surface area contributed by atoms with Gasteiger partial charge in [-0.1, -0.05) is 37.3 Å². The molecule has 1 aromatic rings. The van der Waals surface area contributed by atoms with E-state index in [1.165, 1.54) is 5.56 Å². The van der Waals surface area contributed by atoms with Crippen molar-refractivity contribution in [2.24, 2.45) is 5.73 Å². The van der Waals surface area contributed by atoms with E-state index in [0.717, 1.165) is 13.0 Å². The highest BCUT2D eigenvalue weighted by Crippen LogP contribution is 2.08. The number of nitrogens with two attached hydrogens (primary N) is 1. The normalized spacial score (nSPS) is 15.1. The Hall–Kier alpha value is -0.900. The first kappa shape index (κ1) is 13.2. The van der Waals surface area contributed by atoms with Gasteiger partial charge in [-0.3, -0.25) is 4.90 Å². The molecule has 0 bridgehead atoms. The topological polar surface area (TPSA) is 38.5 Å². The summed E-state index contributed by atoms with van der Waals surface area (Å²) < 4.78 is 5.64. The Morgan fingerprint density at radius 1 is 1.31 bits per heavy atom. The fraction of sp³-hybridized carbons (Fsp3) is 0.538. The van der Waals surface area contributed by atoms with Crippen LogP contribution >= 0.6 is 0 Å². The number of benzene rings is 1. The predicted octanol–water partition coefficient (Wildman–Crippen LogP) is 2.18. The molecule has 1 aromatic carbocycles. The van der Waals surface area contributed by atoms with Crippen LogP contribution in [0.1, 0.15) is 25.8 Å². The number of nitrogens with zero attached hydrogens (tertiary/aromatic N) is 1. The minimum absolute atomic E-state index is 0.0372. The average molecular weight is 222 g/mol. The molecule has 0 radical (unpaired) electrons. The minimum Gasteiger partial charge on any atom is -0.346 e. The second-order valence-corrected chi connectivity index (χ2v) is 4.08. The van der Waals surface area contributed by atoms with Gasteiger partial charge in [-0.15, -0.1) is 0 Å². The van der Waals surface area contributed by atoms with Crippen LogP contribution in [0.25, 0.3) is 0 Å². The molecule has 0 aromatic heterocycles. The molecule has 0 aliphatic carbocycles. The zero-order chi connectivity index (χ0) is 12.0. The fourth-order valence-corrected chi connectivity index (χ4v) is 1.45. The Labute approximate surface area is 98.2 Å². The molecule has 2 atom stereocenters. The molecule has 3 nitrogen and oxygen atoms in total. The van der Waals surface area contributed by atoms with Crippen molar-refractivity contribution >= 4 is 0 Å². The molecular formula is C13H22N2O. The van der Waals surface area contributed by atoms with Gasteiger partial charge in [0.2, 0.25) is 0 Å². The second-order valence-electron chi connectivity index (χ2n) is 4.08. The molecule has 16 heavy (non-hydrogen) atoms. The molecule has 0 saturated heterocycles. The molecule has 90 valence electrons. The standard InChI is InChI=1S/C13H22N2O/c1-4-13(14)16-11(2)15(3)10-12-8-6-5-7-9-12/h5-9,11,13H,4,10,14H2,1-3H3. The van der Waals surface area contributed by atoms with E-state index in [0.29, 0.717) is 0 Å². The molecule has 0 fully saturated rings. The molecule has 0 amide bonds. The summed E-state index contributed by atoms with van der Waals surface area (Å²) in [6, 6.07) is 10.3. The van der Waals surface area contributed by atoms with E-state index in [9.17, 15) is 0 Å². The molecule has 2 N–H and O–H groups in total. The molecule has 2 unspecified atom stereocenters. The van der Waals surface area contributed by atoms with Crippen LogP contribution in [0.4, 0.5) is 0 Å². The maximum Gasteiger partial charge on any atom is 0.109 e. The van der Waals surface area contributed by atoms with Crippen LogP contribution in [0.15, 0.2) is 30.3 Å². The van der Waals surface area contributed by atoms with Crippen LogP contribution in [-0.4, -0.2) is 24.4 Å². The van der Waals surface area contributed by atoms with E-state index in [2.05, 4.69) is 17.0 Å². The molecule has 1 rings (SSSR count). The van der Waals surface area contributed by atoms with Gasteiger partial charge in [0.1, 0.15) is 12.5 Å². The summed E-state index contributed by atoms with van der Waals surface area (Å²) in [5.41, 5.74) is 7.04. The molecular weight excluding hydrogens is 200 g/mol. The lowest BCUT2D eigenvalue weighted by atomic mass is 10.2. The highest BCUT2D eigenvalue weighted by atomic mass is 16.5. The summed E-state index contributed by atoms with van der Waals surface area (Å²) in [6.07, 6.45) is 0.701. The van der Waals surface area contributed by atoms with Crippen molar-refractivity contribution in [1.29, 1.82) is 0 Å². The summed E-state index contributed by atoms with van der Waals surface area (Å²) in [5.74, 6) is 0. The SMILES string of the molecule is CCC(N)OC(C)N(C)Cc1ccccc1. The van der Waals surface area contributed by atoms with Gasteiger partial charge in [0.05, 0.1) is 0 Å². The molecule has 0 saturated carbocycles. The Kier molecular flexibility index (Phi) is 5.46. The summed E-state index contributed by atoms with van der Waals surface area (Å²) in [6.45, 7) is 4.92. The summed E-state index contributed by atoms with van der Waals surface area (Å²) in [7, 11) is 2.04. The van der Waals surface area contributed by atoms with Gasteiger partial charge in [-0.25, -0.2) is 0 Å². The van der Waals surface area contributed by atoms with Gasteiger partial charge in [0.15, 0.2) is 0 Å². The maximum absolute atomic E-state index is 5.76. The second kappa shape index (κ2) is 6.63. The van der Waals surface area contributed by atoms with Crippen molar-refractivity contribution in [2.75, 3.05) is 7.05 Å². The van der Waals surface area contributed by atoms with E-state index >= 15 is 0 Å². The van der Waals surface area contributed by atoms with Crippen molar-refractivity contribution < 1.29 is 4.74 Å². The molecule has 3 heteroatoms. The van der Waals surface area contributed by atoms with Crippen LogP contribution in [0, 0.1) is 0 Å². The Balaban J connectivity index is 2.43. The van der Waals surface area contributed by atoms with Gasteiger partial charge >= 0.3 is 0 Å². The van der Waals surface area contributed by atoms with Gasteiger partial charge in [0.25, 0.3) is 0 Å². The van der Waals surface area contributed by atoms with Crippen LogP contribution in [0.3, 0.4) is 0 Å². The van der Waals surface area contributed by atoms with Crippen LogP contribution < -0.4 is 5.73 Å². The Morgan fingerprint density at radius 2 is 1.94 bits per heavy atom. The quantitative estimate of drug-likeness (QED) is 0.750. The van der Waals surface area contributed by atoms with E-state index in [4.69, 9.17) is 10.5 Å². The minimum atomic E-state index is -0.173. The van der Waals surface area contributed by atoms with Crippen molar-refractivity contribution in [3.8, 4) is 0 Å². The number of hydrogen-bond donors (Lipinski definition) is 1. The van der Waals surface area contributed by atoms with E-state index in [1.807, 2.05) is 39.1 Å². The Morgan fingerprint density at radius 3 is 2.50 bits per heavy atom. The van der Waals surface area contributed by atoms with Crippen molar-refractivity contribution in [1.82, 2.24) is 4.90 Å². The zero-order valence-corrected chi connectivity index (χ0v) is 10.4. The van der Waals surface area contributed by atoms with Gasteiger partial charge in [0, 0.05) is 6.54 Å². The van der Waals surface area contributed by atoms with Crippen molar-refractivity contribution in [2.45, 2.75) is 39.3 Å². The van der Waals surface area contributed by atoms with Gasteiger partial charge in [-0.05, 0) is 26.0 Å². The lowest BCUT2D eigenvalue weighted by Gasteiger charge is -2.27. The van der Waals surface area contributed by atoms with Crippen molar-refractivity contribution in [3.63, 3.8) is 0 Å². The summed E-state index contributed by atoms with van der Waals surface area (Å²) in [4.78, 5) is 2.14. The molecule has 0 aliphatic heterocycles. The van der Waals surface area contributed by atoms with E-state index in [1.54, 1.807) is 0 Å². The third kappa shape index (κ3) is 4.31. The highest BCUT2D eigenvalue weighted by molar-refractivity contribution is 5.14. The zero-order valence-electron chi connectivity index (χ0n) is 10.4. The summed E-state index contributed by atoms with van der Waals surface area (Å²) >= 11 is 0. The lowest BCUT2D eigenvalue weighted by Crippen LogP contribution is -2.37. The number of ether oxygens (including phenoxy) is 1. The maximum atomic E-state index is 5.76. The lowest BCUT2D eigenvalue weighted by molar-refractivity contribution is -0.0815. The van der Waals surface area contributed by atoms with Crippen LogP contribution in [-0.2, 0) is 11.3 Å². The van der Waals surface area contributed by atoms with E-state index in [-0.39, 0.29) is 12.5 Å². The fourth-order valence-electron chi connectivity index (χ4n) is 1.45. The largest absolute Gasteiger partial charge is 0.346 e. The van der Waals surface area contributed by atoms with Gasteiger partial charge in [-0.2, -0.15) is 0 Å². The molecule has 0 heterocycles. The Bertz CT molecular complexity index is 289. The first-order valence-corrected chi connectivity index (χ1v) is 5.78.